The lowest BCUT2D eigenvalue weighted by Gasteiger charge is -2.35. The average Bonchev–Trinajstić information content (AvgIpc) is 2.43. The molecule has 0 saturated carbocycles. The van der Waals surface area contributed by atoms with Crippen LogP contribution in [0, 0.1) is 16.0 Å². The summed E-state index contributed by atoms with van der Waals surface area (Å²) in [7, 11) is 0. The summed E-state index contributed by atoms with van der Waals surface area (Å²) in [6.07, 6.45) is 1.84. The van der Waals surface area contributed by atoms with Crippen molar-refractivity contribution < 1.29 is 23.2 Å². The zero-order chi connectivity index (χ0) is 17.5. The van der Waals surface area contributed by atoms with Gasteiger partial charge >= 0.3 is 5.69 Å². The van der Waals surface area contributed by atoms with Crippen LogP contribution in [0.15, 0.2) is 24.3 Å². The summed E-state index contributed by atoms with van der Waals surface area (Å²) in [6, 6.07) is 6.49. The minimum absolute atomic E-state index is 0.0221. The van der Waals surface area contributed by atoms with Crippen molar-refractivity contribution in [2.45, 2.75) is 32.3 Å². The number of rotatable bonds is 4. The van der Waals surface area contributed by atoms with Crippen LogP contribution in [0.1, 0.15) is 26.7 Å². The fraction of sp³-hybridized carbons (Fsp3) is 0.571. The number of hydrogen-bond acceptors (Lipinski definition) is 6. The molecule has 1 aromatic rings. The van der Waals surface area contributed by atoms with Gasteiger partial charge in [0.2, 0.25) is 0 Å². The minimum atomic E-state index is -2.36. The molecule has 1 heterocycles. The van der Waals surface area contributed by atoms with E-state index in [1.807, 2.05) is 0 Å². The molecule has 23 heavy (non-hydrogen) atoms. The van der Waals surface area contributed by atoms with Crippen molar-refractivity contribution in [1.29, 1.82) is 0 Å². The molecule has 1 fully saturated rings. The molecule has 0 bridgehead atoms. The van der Waals surface area contributed by atoms with Gasteiger partial charge in [0.15, 0.2) is 5.75 Å². The fourth-order valence-corrected chi connectivity index (χ4v) is 2.44. The number of hydrogen-bond donors (Lipinski definition) is 1. The lowest BCUT2D eigenvalue weighted by Crippen LogP contribution is -2.36. The second-order valence-corrected chi connectivity index (χ2v) is 6.28. The van der Waals surface area contributed by atoms with E-state index in [4.69, 9.17) is 18.2 Å². The number of nitro groups is 1. The third-order valence-corrected chi connectivity index (χ3v) is 3.34. The molecule has 0 spiro atoms. The Balaban J connectivity index is 0.000000593. The first-order valence-electron chi connectivity index (χ1n) is 7.05. The number of nitrogens with zero attached hydrogens (tertiary/aromatic N) is 1. The summed E-state index contributed by atoms with van der Waals surface area (Å²) in [5.41, 5.74) is -0.108. The maximum absolute atomic E-state index is 10.9. The largest absolute Gasteiger partial charge is 0.760 e. The van der Waals surface area contributed by atoms with E-state index < -0.39 is 16.2 Å². The third-order valence-electron chi connectivity index (χ3n) is 3.34. The Bertz CT molecular complexity index is 548. The van der Waals surface area contributed by atoms with E-state index in [-0.39, 0.29) is 11.3 Å². The highest BCUT2D eigenvalue weighted by Crippen LogP contribution is 2.31. The summed E-state index contributed by atoms with van der Waals surface area (Å²) in [4.78, 5) is 10.5. The van der Waals surface area contributed by atoms with Crippen molar-refractivity contribution in [3.63, 3.8) is 0 Å². The quantitative estimate of drug-likeness (QED) is 0.504. The van der Waals surface area contributed by atoms with Gasteiger partial charge in [-0.2, -0.15) is 0 Å². The second-order valence-electron chi connectivity index (χ2n) is 5.76. The predicted molar refractivity (Wildman–Crippen MR) is 84.5 cm³/mol. The van der Waals surface area contributed by atoms with Crippen molar-refractivity contribution in [3.8, 4) is 5.75 Å². The zero-order valence-electron chi connectivity index (χ0n) is 13.1. The maximum atomic E-state index is 10.9. The molecule has 0 aromatic heterocycles. The van der Waals surface area contributed by atoms with Gasteiger partial charge in [0.1, 0.15) is 0 Å². The first kappa shape index (κ1) is 19.5. The molecule has 9 heteroatoms. The van der Waals surface area contributed by atoms with Crippen molar-refractivity contribution >= 4 is 17.0 Å². The van der Waals surface area contributed by atoms with Gasteiger partial charge in [-0.15, -0.1) is 0 Å². The van der Waals surface area contributed by atoms with Crippen LogP contribution in [-0.4, -0.2) is 32.5 Å². The molecule has 2 N–H and O–H groups in total. The Labute approximate surface area is 137 Å². The number of nitrogens with two attached hydrogens (primary N) is 1. The zero-order valence-corrected chi connectivity index (χ0v) is 13.9. The van der Waals surface area contributed by atoms with E-state index >= 15 is 0 Å². The Morgan fingerprint density at radius 3 is 2.65 bits per heavy atom. The van der Waals surface area contributed by atoms with E-state index in [0.717, 1.165) is 19.4 Å². The molecule has 1 aliphatic heterocycles. The van der Waals surface area contributed by atoms with Crippen LogP contribution < -0.4 is 9.88 Å². The van der Waals surface area contributed by atoms with E-state index in [0.29, 0.717) is 18.3 Å². The van der Waals surface area contributed by atoms with Gasteiger partial charge in [-0.3, -0.25) is 19.5 Å². The Hall–Kier alpha value is -1.55. The van der Waals surface area contributed by atoms with Crippen LogP contribution >= 0.6 is 0 Å². The molecule has 0 radical (unpaired) electrons. The van der Waals surface area contributed by atoms with E-state index in [1.165, 1.54) is 6.07 Å². The lowest BCUT2D eigenvalue weighted by atomic mass is 9.89. The van der Waals surface area contributed by atoms with Gasteiger partial charge in [-0.25, -0.2) is 0 Å². The predicted octanol–water partition coefficient (Wildman–Crippen LogP) is 1.92. The van der Waals surface area contributed by atoms with Crippen LogP contribution in [-0.2, 0) is 16.0 Å². The number of benzene rings is 1. The van der Waals surface area contributed by atoms with Gasteiger partial charge < -0.3 is 14.0 Å². The molecule has 1 aliphatic rings. The van der Waals surface area contributed by atoms with Gasteiger partial charge in [0.05, 0.1) is 17.1 Å². The van der Waals surface area contributed by atoms with E-state index in [2.05, 4.69) is 19.0 Å². The third kappa shape index (κ3) is 7.51. The molecule has 2 unspecified atom stereocenters. The Morgan fingerprint density at radius 2 is 2.09 bits per heavy atom. The maximum Gasteiger partial charge on any atom is 0.310 e. The number of ether oxygens (including phenoxy) is 2. The van der Waals surface area contributed by atoms with Gasteiger partial charge in [0, 0.05) is 23.9 Å². The van der Waals surface area contributed by atoms with Crippen LogP contribution in [0.3, 0.4) is 0 Å². The number of para-hydroxylation sites is 2. The molecule has 1 saturated heterocycles. The molecule has 130 valence electrons. The van der Waals surface area contributed by atoms with Crippen LogP contribution in [0.4, 0.5) is 5.69 Å². The molecule has 1 aromatic carbocycles. The molecule has 2 atom stereocenters. The van der Waals surface area contributed by atoms with E-state index in [9.17, 15) is 10.1 Å². The minimum Gasteiger partial charge on any atom is -0.760 e. The van der Waals surface area contributed by atoms with Gasteiger partial charge in [-0.1, -0.05) is 12.1 Å². The van der Waals surface area contributed by atoms with Crippen LogP contribution in [0.25, 0.3) is 0 Å². The van der Waals surface area contributed by atoms with E-state index in [1.54, 1.807) is 18.2 Å². The summed E-state index contributed by atoms with van der Waals surface area (Å²) in [5.74, 6) is 0.723. The standard InChI is InChI=1S/C14H19NO4.H3NO2S/c1-14(2)9-11(7-8-19-14)10-18-13-6-4-3-5-12(13)15(16)17;1-4(2)3/h3-6,11H,7-10H2,1-2H3;1H2,(H,2,3)/p-1. The second kappa shape index (κ2) is 8.92. The van der Waals surface area contributed by atoms with Crippen molar-refractivity contribution in [2.24, 2.45) is 11.1 Å². The summed E-state index contributed by atoms with van der Waals surface area (Å²) in [5, 5.41) is 14.9. The van der Waals surface area contributed by atoms with Crippen molar-refractivity contribution in [3.05, 3.63) is 34.4 Å². The topological polar surface area (TPSA) is 128 Å². The molecule has 0 aliphatic carbocycles. The first-order chi connectivity index (χ1) is 10.7. The lowest BCUT2D eigenvalue weighted by molar-refractivity contribution is -0.385. The van der Waals surface area contributed by atoms with Crippen LogP contribution in [0.5, 0.6) is 5.75 Å². The van der Waals surface area contributed by atoms with Crippen molar-refractivity contribution in [2.75, 3.05) is 13.2 Å². The molecular weight excluding hydrogens is 324 g/mol. The smallest absolute Gasteiger partial charge is 0.310 e. The summed E-state index contributed by atoms with van der Waals surface area (Å²) >= 11 is -2.36. The highest BCUT2D eigenvalue weighted by molar-refractivity contribution is 7.76. The monoisotopic (exact) mass is 345 g/mol. The normalized spacial score (nSPS) is 20.8. The first-order valence-corrected chi connectivity index (χ1v) is 8.19. The average molecular weight is 345 g/mol. The molecular formula is C14H21N2O6S-. The highest BCUT2D eigenvalue weighted by atomic mass is 32.2. The summed E-state index contributed by atoms with van der Waals surface area (Å²) < 4.78 is 28.8. The molecule has 0 amide bonds. The highest BCUT2D eigenvalue weighted by Gasteiger charge is 2.29. The van der Waals surface area contributed by atoms with Gasteiger partial charge in [0.25, 0.3) is 0 Å². The van der Waals surface area contributed by atoms with Crippen LogP contribution in [0.2, 0.25) is 0 Å². The Morgan fingerprint density at radius 1 is 1.48 bits per heavy atom. The Kier molecular flexibility index (Phi) is 7.56. The molecule has 8 nitrogen and oxygen atoms in total. The fourth-order valence-electron chi connectivity index (χ4n) is 2.44. The molecule has 2 rings (SSSR count). The SMILES string of the molecule is CC1(C)CC(COc2ccccc2[N+](=O)[O-])CCO1.NS(=O)[O-]. The van der Waals surface area contributed by atoms with Gasteiger partial charge in [-0.05, 0) is 38.7 Å². The number of nitro benzene ring substituents is 1. The summed E-state index contributed by atoms with van der Waals surface area (Å²) in [6.45, 7) is 5.34. The van der Waals surface area contributed by atoms with Crippen molar-refractivity contribution in [1.82, 2.24) is 0 Å².